The molecular weight excluding hydrogens is 252 g/mol. The minimum Gasteiger partial charge on any atom is -0.481 e. The second-order valence-corrected chi connectivity index (χ2v) is 4.71. The van der Waals surface area contributed by atoms with Crippen LogP contribution in [0.4, 0.5) is 0 Å². The van der Waals surface area contributed by atoms with Gasteiger partial charge in [-0.2, -0.15) is 5.10 Å². The van der Waals surface area contributed by atoms with E-state index in [1.807, 2.05) is 16.8 Å². The van der Waals surface area contributed by atoms with Crippen LogP contribution in [0.3, 0.4) is 0 Å². The van der Waals surface area contributed by atoms with E-state index in [-0.39, 0.29) is 6.04 Å². The highest BCUT2D eigenvalue weighted by Gasteiger charge is 2.16. The third-order valence-electron chi connectivity index (χ3n) is 3.40. The van der Waals surface area contributed by atoms with Gasteiger partial charge in [0.15, 0.2) is 0 Å². The maximum atomic E-state index is 6.32. The van der Waals surface area contributed by atoms with Gasteiger partial charge in [-0.1, -0.05) is 13.0 Å². The molecule has 20 heavy (non-hydrogen) atoms. The maximum absolute atomic E-state index is 6.32. The number of ether oxygens (including phenoxy) is 1. The summed E-state index contributed by atoms with van der Waals surface area (Å²) in [5, 5.41) is 4.55. The summed E-state index contributed by atoms with van der Waals surface area (Å²) in [7, 11) is 1.62. The highest BCUT2D eigenvalue weighted by Crippen LogP contribution is 2.23. The van der Waals surface area contributed by atoms with Gasteiger partial charge in [0.2, 0.25) is 5.88 Å². The number of aryl methyl sites for hydroxylation is 2. The highest BCUT2D eigenvalue weighted by atomic mass is 16.5. The fourth-order valence-electron chi connectivity index (χ4n) is 2.32. The van der Waals surface area contributed by atoms with Crippen molar-refractivity contribution < 1.29 is 4.74 Å². The minimum atomic E-state index is -0.148. The summed E-state index contributed by atoms with van der Waals surface area (Å²) < 4.78 is 7.29. The summed E-state index contributed by atoms with van der Waals surface area (Å²) in [4.78, 5) is 4.20. The summed E-state index contributed by atoms with van der Waals surface area (Å²) in [6.45, 7) is 5.05. The molecule has 0 spiro atoms. The summed E-state index contributed by atoms with van der Waals surface area (Å²) in [5.74, 6) is 0.596. The molecule has 2 aromatic heterocycles. The van der Waals surface area contributed by atoms with Gasteiger partial charge in [0.1, 0.15) is 0 Å². The Morgan fingerprint density at radius 3 is 2.85 bits per heavy atom. The number of nitrogens with zero attached hydrogens (tertiary/aromatic N) is 3. The number of rotatable bonds is 6. The molecular formula is C15H22N4O. The fourth-order valence-corrected chi connectivity index (χ4v) is 2.32. The molecule has 0 aromatic carbocycles. The van der Waals surface area contributed by atoms with Crippen molar-refractivity contribution in [2.75, 3.05) is 7.11 Å². The van der Waals surface area contributed by atoms with E-state index >= 15 is 0 Å². The van der Waals surface area contributed by atoms with Crippen molar-refractivity contribution in [3.8, 4) is 5.88 Å². The zero-order valence-electron chi connectivity index (χ0n) is 12.3. The van der Waals surface area contributed by atoms with E-state index in [0.717, 1.165) is 36.3 Å². The molecule has 108 valence electrons. The number of hydrogen-bond donors (Lipinski definition) is 1. The quantitative estimate of drug-likeness (QED) is 0.876. The molecule has 0 radical (unpaired) electrons. The van der Waals surface area contributed by atoms with Gasteiger partial charge in [0.25, 0.3) is 0 Å². The molecule has 5 nitrogen and oxygen atoms in total. The van der Waals surface area contributed by atoms with Crippen molar-refractivity contribution in [2.45, 2.75) is 39.3 Å². The van der Waals surface area contributed by atoms with Gasteiger partial charge in [-0.05, 0) is 25.5 Å². The van der Waals surface area contributed by atoms with E-state index in [0.29, 0.717) is 5.88 Å². The SMILES string of the molecule is CCc1cc(CC(N)c2cccnc2OC)n(CC)n1. The lowest BCUT2D eigenvalue weighted by molar-refractivity contribution is 0.388. The predicted octanol–water partition coefficient (Wildman–Crippen LogP) is 2.11. The van der Waals surface area contributed by atoms with Crippen LogP contribution >= 0.6 is 0 Å². The van der Waals surface area contributed by atoms with Gasteiger partial charge in [-0.25, -0.2) is 4.98 Å². The van der Waals surface area contributed by atoms with Gasteiger partial charge < -0.3 is 10.5 Å². The van der Waals surface area contributed by atoms with E-state index < -0.39 is 0 Å². The Morgan fingerprint density at radius 1 is 1.40 bits per heavy atom. The lowest BCUT2D eigenvalue weighted by Crippen LogP contribution is -2.17. The maximum Gasteiger partial charge on any atom is 0.217 e. The number of aromatic nitrogens is 3. The molecule has 2 heterocycles. The Labute approximate surface area is 119 Å². The van der Waals surface area contributed by atoms with Crippen LogP contribution in [-0.4, -0.2) is 21.9 Å². The van der Waals surface area contributed by atoms with Gasteiger partial charge in [0, 0.05) is 36.5 Å². The van der Waals surface area contributed by atoms with Crippen LogP contribution < -0.4 is 10.5 Å². The summed E-state index contributed by atoms with van der Waals surface area (Å²) in [5.41, 5.74) is 9.50. The molecule has 2 N–H and O–H groups in total. The Kier molecular flexibility index (Phi) is 4.74. The molecule has 2 rings (SSSR count). The lowest BCUT2D eigenvalue weighted by Gasteiger charge is -2.15. The topological polar surface area (TPSA) is 66.0 Å². The van der Waals surface area contributed by atoms with Crippen LogP contribution in [0.1, 0.15) is 36.8 Å². The molecule has 1 atom stereocenters. The van der Waals surface area contributed by atoms with Gasteiger partial charge in [-0.15, -0.1) is 0 Å². The predicted molar refractivity (Wildman–Crippen MR) is 78.7 cm³/mol. The van der Waals surface area contributed by atoms with Crippen LogP contribution in [-0.2, 0) is 19.4 Å². The Bertz CT molecular complexity index is 565. The number of hydrogen-bond acceptors (Lipinski definition) is 4. The van der Waals surface area contributed by atoms with E-state index in [9.17, 15) is 0 Å². The molecule has 0 fully saturated rings. The van der Waals surface area contributed by atoms with Gasteiger partial charge >= 0.3 is 0 Å². The van der Waals surface area contributed by atoms with Crippen LogP contribution in [0.5, 0.6) is 5.88 Å². The zero-order chi connectivity index (χ0) is 14.5. The van der Waals surface area contributed by atoms with Crippen molar-refractivity contribution in [1.29, 1.82) is 0 Å². The van der Waals surface area contributed by atoms with Crippen LogP contribution in [0.15, 0.2) is 24.4 Å². The third kappa shape index (κ3) is 2.99. The normalized spacial score (nSPS) is 12.4. The van der Waals surface area contributed by atoms with Crippen molar-refractivity contribution in [1.82, 2.24) is 14.8 Å². The van der Waals surface area contributed by atoms with Crippen molar-refractivity contribution in [3.63, 3.8) is 0 Å². The summed E-state index contributed by atoms with van der Waals surface area (Å²) in [6, 6.07) is 5.83. The minimum absolute atomic E-state index is 0.148. The van der Waals surface area contributed by atoms with E-state index in [1.54, 1.807) is 13.3 Å². The molecule has 0 saturated heterocycles. The zero-order valence-corrected chi connectivity index (χ0v) is 12.3. The fraction of sp³-hybridized carbons (Fsp3) is 0.467. The molecule has 0 aliphatic carbocycles. The number of methoxy groups -OCH3 is 1. The first kappa shape index (κ1) is 14.5. The first-order valence-electron chi connectivity index (χ1n) is 6.99. The van der Waals surface area contributed by atoms with E-state index in [2.05, 4.69) is 30.0 Å². The second-order valence-electron chi connectivity index (χ2n) is 4.71. The molecule has 0 amide bonds. The summed E-state index contributed by atoms with van der Waals surface area (Å²) >= 11 is 0. The first-order valence-corrected chi connectivity index (χ1v) is 6.99. The molecule has 0 saturated carbocycles. The van der Waals surface area contributed by atoms with Crippen molar-refractivity contribution in [2.24, 2.45) is 5.73 Å². The van der Waals surface area contributed by atoms with Crippen molar-refractivity contribution >= 4 is 0 Å². The molecule has 0 aliphatic heterocycles. The third-order valence-corrected chi connectivity index (χ3v) is 3.40. The Balaban J connectivity index is 2.22. The smallest absolute Gasteiger partial charge is 0.217 e. The van der Waals surface area contributed by atoms with E-state index in [4.69, 9.17) is 10.5 Å². The van der Waals surface area contributed by atoms with Gasteiger partial charge in [-0.3, -0.25) is 4.68 Å². The van der Waals surface area contributed by atoms with Crippen LogP contribution in [0, 0.1) is 0 Å². The van der Waals surface area contributed by atoms with Gasteiger partial charge in [0.05, 0.1) is 12.8 Å². The second kappa shape index (κ2) is 6.52. The number of pyridine rings is 1. The summed E-state index contributed by atoms with van der Waals surface area (Å²) in [6.07, 6.45) is 3.37. The Morgan fingerprint density at radius 2 is 2.20 bits per heavy atom. The van der Waals surface area contributed by atoms with Crippen LogP contribution in [0.25, 0.3) is 0 Å². The molecule has 1 unspecified atom stereocenters. The van der Waals surface area contributed by atoms with Crippen molar-refractivity contribution in [3.05, 3.63) is 41.3 Å². The Hall–Kier alpha value is -1.88. The highest BCUT2D eigenvalue weighted by molar-refractivity contribution is 5.30. The molecule has 0 bridgehead atoms. The van der Waals surface area contributed by atoms with Crippen LogP contribution in [0.2, 0.25) is 0 Å². The first-order chi connectivity index (χ1) is 9.69. The molecule has 5 heteroatoms. The average Bonchev–Trinajstić information content (AvgIpc) is 2.89. The largest absolute Gasteiger partial charge is 0.481 e. The average molecular weight is 274 g/mol. The lowest BCUT2D eigenvalue weighted by atomic mass is 10.0. The standard InChI is InChI=1S/C15H22N4O/c1-4-11-9-12(19(5-2)18-11)10-14(16)13-7-6-8-17-15(13)20-3/h6-9,14H,4-5,10,16H2,1-3H3. The monoisotopic (exact) mass is 274 g/mol. The molecule has 2 aromatic rings. The molecule has 0 aliphatic rings. The van der Waals surface area contributed by atoms with E-state index in [1.165, 1.54) is 0 Å². The number of nitrogens with two attached hydrogens (primary N) is 1.